The molecule has 1 aliphatic heterocycles. The first kappa shape index (κ1) is 18.2. The molecule has 26 heavy (non-hydrogen) atoms. The number of likely N-dealkylation sites (tertiary alicyclic amines) is 1. The van der Waals surface area contributed by atoms with Crippen LogP contribution in [0.2, 0.25) is 0 Å². The molecule has 138 valence electrons. The molecular formula is C18H23N5O3. The van der Waals surface area contributed by atoms with Gasteiger partial charge in [0, 0.05) is 18.7 Å². The zero-order valence-electron chi connectivity index (χ0n) is 14.5. The number of aromatic nitrogens is 3. The highest BCUT2D eigenvalue weighted by Gasteiger charge is 2.25. The van der Waals surface area contributed by atoms with Crippen LogP contribution in [-0.4, -0.2) is 48.7 Å². The van der Waals surface area contributed by atoms with Crippen molar-refractivity contribution < 1.29 is 15.1 Å². The van der Waals surface area contributed by atoms with E-state index in [1.807, 2.05) is 24.3 Å². The Labute approximate surface area is 151 Å². The average Bonchev–Trinajstić information content (AvgIpc) is 3.30. The van der Waals surface area contributed by atoms with E-state index < -0.39 is 5.91 Å². The topological polar surface area (TPSA) is 104 Å². The van der Waals surface area contributed by atoms with Gasteiger partial charge in [-0.1, -0.05) is 29.5 Å². The molecule has 2 aromatic rings. The fourth-order valence-electron chi connectivity index (χ4n) is 3.20. The van der Waals surface area contributed by atoms with Crippen LogP contribution in [0.15, 0.2) is 36.5 Å². The number of hydrogen-bond acceptors (Lipinski definition) is 6. The zero-order chi connectivity index (χ0) is 18.4. The lowest BCUT2D eigenvalue weighted by Gasteiger charge is -2.24. The molecule has 1 aromatic carbocycles. The standard InChI is InChI=1S/C18H23N5O3/c24-13-16-11-23(21-19-16)12-17-2-1-9-22(17)10-15-5-3-14(4-6-15)7-8-18(25)20-26/h3-8,11,17,24,26H,1-2,9-10,12-13H2,(H,20,25). The highest BCUT2D eigenvalue weighted by Crippen LogP contribution is 2.21. The summed E-state index contributed by atoms with van der Waals surface area (Å²) < 4.78 is 1.80. The molecule has 1 fully saturated rings. The average molecular weight is 357 g/mol. The number of aliphatic hydroxyl groups excluding tert-OH is 1. The highest BCUT2D eigenvalue weighted by molar-refractivity contribution is 5.90. The number of hydrogen-bond donors (Lipinski definition) is 3. The van der Waals surface area contributed by atoms with Crippen LogP contribution in [-0.2, 0) is 24.5 Å². The molecule has 1 aliphatic rings. The largest absolute Gasteiger partial charge is 0.390 e. The summed E-state index contributed by atoms with van der Waals surface area (Å²) in [6.07, 6.45) is 7.00. The van der Waals surface area contributed by atoms with Gasteiger partial charge >= 0.3 is 0 Å². The minimum Gasteiger partial charge on any atom is -0.390 e. The molecule has 0 saturated carbocycles. The van der Waals surface area contributed by atoms with Crippen molar-refractivity contribution in [1.82, 2.24) is 25.4 Å². The fraction of sp³-hybridized carbons (Fsp3) is 0.389. The Morgan fingerprint density at radius 3 is 2.85 bits per heavy atom. The third kappa shape index (κ3) is 4.75. The van der Waals surface area contributed by atoms with Crippen molar-refractivity contribution in [3.8, 4) is 0 Å². The summed E-state index contributed by atoms with van der Waals surface area (Å²) in [6, 6.07) is 8.39. The van der Waals surface area contributed by atoms with Crippen molar-refractivity contribution in [1.29, 1.82) is 0 Å². The summed E-state index contributed by atoms with van der Waals surface area (Å²) in [5.41, 5.74) is 4.26. The Morgan fingerprint density at radius 2 is 2.15 bits per heavy atom. The molecule has 0 spiro atoms. The molecule has 1 aromatic heterocycles. The van der Waals surface area contributed by atoms with Crippen molar-refractivity contribution in [2.75, 3.05) is 6.54 Å². The summed E-state index contributed by atoms with van der Waals surface area (Å²) >= 11 is 0. The SMILES string of the molecule is O=C(C=Cc1ccc(CN2CCCC2Cn2cc(CO)nn2)cc1)NO. The Hall–Kier alpha value is -2.55. The Kier molecular flexibility index (Phi) is 6.11. The van der Waals surface area contributed by atoms with Gasteiger partial charge in [0.15, 0.2) is 0 Å². The highest BCUT2D eigenvalue weighted by atomic mass is 16.5. The number of nitrogens with one attached hydrogen (secondary N) is 1. The van der Waals surface area contributed by atoms with E-state index in [-0.39, 0.29) is 6.61 Å². The number of aliphatic hydroxyl groups is 1. The van der Waals surface area contributed by atoms with E-state index in [4.69, 9.17) is 10.3 Å². The molecule has 1 saturated heterocycles. The monoisotopic (exact) mass is 357 g/mol. The summed E-state index contributed by atoms with van der Waals surface area (Å²) in [5, 5.41) is 25.6. The van der Waals surface area contributed by atoms with Gasteiger partial charge in [-0.3, -0.25) is 19.6 Å². The Morgan fingerprint density at radius 1 is 1.35 bits per heavy atom. The van der Waals surface area contributed by atoms with E-state index in [1.54, 1.807) is 22.4 Å². The van der Waals surface area contributed by atoms with Crippen LogP contribution in [0.1, 0.15) is 29.7 Å². The third-order valence-electron chi connectivity index (χ3n) is 4.55. The van der Waals surface area contributed by atoms with E-state index >= 15 is 0 Å². The maximum absolute atomic E-state index is 11.0. The second-order valence-electron chi connectivity index (χ2n) is 6.41. The normalized spacial score (nSPS) is 17.8. The molecule has 0 bridgehead atoms. The first-order chi connectivity index (χ1) is 12.7. The number of carbonyl (C=O) groups is 1. The Balaban J connectivity index is 1.58. The minimum absolute atomic E-state index is 0.0882. The van der Waals surface area contributed by atoms with E-state index in [2.05, 4.69) is 15.2 Å². The number of hydroxylamine groups is 1. The van der Waals surface area contributed by atoms with E-state index in [9.17, 15) is 4.79 Å². The smallest absolute Gasteiger partial charge is 0.267 e. The van der Waals surface area contributed by atoms with Crippen LogP contribution < -0.4 is 5.48 Å². The van der Waals surface area contributed by atoms with Gasteiger partial charge in [0.1, 0.15) is 5.69 Å². The number of nitrogens with zero attached hydrogens (tertiary/aromatic N) is 4. The van der Waals surface area contributed by atoms with Gasteiger partial charge in [0.05, 0.1) is 19.3 Å². The van der Waals surface area contributed by atoms with Gasteiger partial charge in [-0.25, -0.2) is 5.48 Å². The summed E-state index contributed by atoms with van der Waals surface area (Å²) in [7, 11) is 0. The van der Waals surface area contributed by atoms with Crippen LogP contribution >= 0.6 is 0 Å². The minimum atomic E-state index is -0.550. The van der Waals surface area contributed by atoms with Crippen molar-refractivity contribution in [2.45, 2.75) is 38.6 Å². The molecule has 2 heterocycles. The van der Waals surface area contributed by atoms with E-state index in [0.717, 1.165) is 38.0 Å². The van der Waals surface area contributed by atoms with Crippen LogP contribution in [0.3, 0.4) is 0 Å². The molecule has 3 N–H and O–H groups in total. The van der Waals surface area contributed by atoms with Gasteiger partial charge in [-0.2, -0.15) is 0 Å². The first-order valence-electron chi connectivity index (χ1n) is 8.63. The third-order valence-corrected chi connectivity index (χ3v) is 4.55. The number of rotatable bonds is 7. The second kappa shape index (κ2) is 8.70. The lowest BCUT2D eigenvalue weighted by Crippen LogP contribution is -2.32. The lowest BCUT2D eigenvalue weighted by molar-refractivity contribution is -0.124. The Bertz CT molecular complexity index is 756. The second-order valence-corrected chi connectivity index (χ2v) is 6.41. The predicted molar refractivity (Wildman–Crippen MR) is 94.8 cm³/mol. The van der Waals surface area contributed by atoms with E-state index in [0.29, 0.717) is 11.7 Å². The van der Waals surface area contributed by atoms with Crippen molar-refractivity contribution in [2.24, 2.45) is 0 Å². The van der Waals surface area contributed by atoms with Gasteiger partial charge in [0.25, 0.3) is 5.91 Å². The van der Waals surface area contributed by atoms with Crippen LogP contribution in [0.25, 0.3) is 6.08 Å². The predicted octanol–water partition coefficient (Wildman–Crippen LogP) is 0.954. The van der Waals surface area contributed by atoms with Crippen molar-refractivity contribution in [3.05, 3.63) is 53.4 Å². The number of carbonyl (C=O) groups excluding carboxylic acids is 1. The fourth-order valence-corrected chi connectivity index (χ4v) is 3.20. The van der Waals surface area contributed by atoms with Crippen molar-refractivity contribution in [3.63, 3.8) is 0 Å². The lowest BCUT2D eigenvalue weighted by atomic mass is 10.1. The van der Waals surface area contributed by atoms with E-state index in [1.165, 1.54) is 11.6 Å². The molecule has 1 atom stereocenters. The van der Waals surface area contributed by atoms with Crippen molar-refractivity contribution >= 4 is 12.0 Å². The van der Waals surface area contributed by atoms with Gasteiger partial charge in [-0.05, 0) is 36.6 Å². The summed E-state index contributed by atoms with van der Waals surface area (Å²) in [5.74, 6) is -0.550. The quantitative estimate of drug-likeness (QED) is 0.387. The molecule has 0 radical (unpaired) electrons. The molecular weight excluding hydrogens is 334 g/mol. The van der Waals surface area contributed by atoms with Gasteiger partial charge in [-0.15, -0.1) is 5.10 Å². The number of amides is 1. The first-order valence-corrected chi connectivity index (χ1v) is 8.63. The molecule has 8 nitrogen and oxygen atoms in total. The van der Waals surface area contributed by atoms with Crippen LogP contribution in [0.4, 0.5) is 0 Å². The molecule has 0 aliphatic carbocycles. The zero-order valence-corrected chi connectivity index (χ0v) is 14.5. The van der Waals surface area contributed by atoms with Gasteiger partial charge < -0.3 is 5.11 Å². The maximum Gasteiger partial charge on any atom is 0.267 e. The molecule has 1 unspecified atom stereocenters. The summed E-state index contributed by atoms with van der Waals surface area (Å²) in [6.45, 7) is 2.58. The molecule has 8 heteroatoms. The van der Waals surface area contributed by atoms with Crippen LogP contribution in [0, 0.1) is 0 Å². The van der Waals surface area contributed by atoms with Gasteiger partial charge in [0.2, 0.25) is 0 Å². The summed E-state index contributed by atoms with van der Waals surface area (Å²) in [4.78, 5) is 13.4. The maximum atomic E-state index is 11.0. The molecule has 1 amide bonds. The number of benzene rings is 1. The van der Waals surface area contributed by atoms with Crippen LogP contribution in [0.5, 0.6) is 0 Å². The molecule has 3 rings (SSSR count).